The molecule has 0 bridgehead atoms. The van der Waals surface area contributed by atoms with Crippen LogP contribution >= 0.6 is 0 Å². The molecule has 5 rings (SSSR count). The molecule has 0 saturated heterocycles. The Labute approximate surface area is 216 Å². The van der Waals surface area contributed by atoms with Crippen molar-refractivity contribution in [1.82, 2.24) is 19.9 Å². The van der Waals surface area contributed by atoms with Crippen LogP contribution in [0.5, 0.6) is 0 Å². The summed E-state index contributed by atoms with van der Waals surface area (Å²) in [5, 5.41) is 15.9. The monoisotopic (exact) mass is 520 g/mol. The van der Waals surface area contributed by atoms with Gasteiger partial charge in [-0.2, -0.15) is 14.6 Å². The van der Waals surface area contributed by atoms with Gasteiger partial charge >= 0.3 is 0 Å². The third-order valence-electron chi connectivity index (χ3n) is 6.72. The van der Waals surface area contributed by atoms with Gasteiger partial charge in [-0.1, -0.05) is 6.92 Å². The molecule has 1 aromatic carbocycles. The maximum atomic E-state index is 14.2. The van der Waals surface area contributed by atoms with E-state index >= 15 is 0 Å². The highest BCUT2D eigenvalue weighted by Crippen LogP contribution is 2.50. The molecule has 3 aromatic rings. The SMILES string of the molecule is CN1CCc2c(cc(Nc3ncc(C#N)c(Nc4ccc(F)c(N=S(C)(C)=O)n4)n3)cc2C2(C)CC2)C1. The molecule has 1 fully saturated rings. The zero-order chi connectivity index (χ0) is 26.4. The standard InChI is InChI=1S/C26H29FN8OS/c1-26(8-9-26)20-12-18(11-16-15-35(2)10-7-19(16)20)30-25-29-14-17(13-28)23(33-25)31-22-6-5-21(27)24(32-22)34-37(3,4)36/h5-6,11-12,14H,7-10,15H2,1-4H3,(H2,29,30,31,32,33). The molecule has 0 spiro atoms. The smallest absolute Gasteiger partial charge is 0.229 e. The minimum atomic E-state index is -2.61. The zero-order valence-corrected chi connectivity index (χ0v) is 22.1. The van der Waals surface area contributed by atoms with E-state index in [0.717, 1.165) is 25.2 Å². The Morgan fingerprint density at radius 2 is 2.00 bits per heavy atom. The van der Waals surface area contributed by atoms with E-state index in [9.17, 15) is 13.9 Å². The Kier molecular flexibility index (Phi) is 6.33. The number of likely N-dealkylation sites (N-methyl/N-ethyl adjacent to an activating group) is 1. The lowest BCUT2D eigenvalue weighted by atomic mass is 9.86. The predicted molar refractivity (Wildman–Crippen MR) is 143 cm³/mol. The minimum Gasteiger partial charge on any atom is -0.324 e. The van der Waals surface area contributed by atoms with Crippen molar-refractivity contribution in [3.8, 4) is 6.07 Å². The van der Waals surface area contributed by atoms with Crippen LogP contribution in [0.4, 0.5) is 33.5 Å². The molecular weight excluding hydrogens is 491 g/mol. The molecule has 3 heterocycles. The molecule has 2 aliphatic rings. The number of fused-ring (bicyclic) bond motifs is 1. The van der Waals surface area contributed by atoms with Crippen LogP contribution in [-0.4, -0.2) is 50.2 Å². The molecule has 11 heteroatoms. The molecule has 0 radical (unpaired) electrons. The van der Waals surface area contributed by atoms with Gasteiger partial charge in [0.1, 0.15) is 17.5 Å². The van der Waals surface area contributed by atoms with E-state index < -0.39 is 15.5 Å². The molecule has 9 nitrogen and oxygen atoms in total. The van der Waals surface area contributed by atoms with Gasteiger partial charge in [0.15, 0.2) is 17.5 Å². The van der Waals surface area contributed by atoms with Crippen molar-refractivity contribution in [1.29, 1.82) is 5.26 Å². The fraction of sp³-hybridized carbons (Fsp3) is 0.385. The van der Waals surface area contributed by atoms with Gasteiger partial charge < -0.3 is 15.5 Å². The zero-order valence-electron chi connectivity index (χ0n) is 21.3. The van der Waals surface area contributed by atoms with Crippen molar-refractivity contribution in [3.05, 3.63) is 58.5 Å². The minimum absolute atomic E-state index is 0.197. The maximum Gasteiger partial charge on any atom is 0.229 e. The predicted octanol–water partition coefficient (Wildman–Crippen LogP) is 4.77. The first kappa shape index (κ1) is 25.0. The summed E-state index contributed by atoms with van der Waals surface area (Å²) in [4.78, 5) is 15.3. The van der Waals surface area contributed by atoms with Crippen LogP contribution in [0, 0.1) is 17.1 Å². The van der Waals surface area contributed by atoms with Crippen molar-refractivity contribution >= 4 is 38.8 Å². The molecule has 1 saturated carbocycles. The first-order chi connectivity index (χ1) is 17.5. The molecule has 1 aliphatic heterocycles. The summed E-state index contributed by atoms with van der Waals surface area (Å²) in [6, 6.07) is 8.99. The van der Waals surface area contributed by atoms with E-state index in [1.807, 2.05) is 0 Å². The van der Waals surface area contributed by atoms with Crippen LogP contribution in [0.1, 0.15) is 42.0 Å². The molecule has 1 aliphatic carbocycles. The van der Waals surface area contributed by atoms with E-state index in [2.05, 4.69) is 67.0 Å². The summed E-state index contributed by atoms with van der Waals surface area (Å²) in [5.41, 5.74) is 5.47. The number of nitrogens with zero attached hydrogens (tertiary/aromatic N) is 6. The van der Waals surface area contributed by atoms with Gasteiger partial charge in [0.2, 0.25) is 5.95 Å². The number of anilines is 4. The summed E-state index contributed by atoms with van der Waals surface area (Å²) < 4.78 is 30.1. The summed E-state index contributed by atoms with van der Waals surface area (Å²) in [6.07, 6.45) is 7.64. The Hall–Kier alpha value is -3.62. The molecule has 2 aromatic heterocycles. The van der Waals surface area contributed by atoms with Gasteiger partial charge in [-0.25, -0.2) is 18.6 Å². The number of halogens is 1. The number of pyridine rings is 1. The quantitative estimate of drug-likeness (QED) is 0.477. The second kappa shape index (κ2) is 9.36. The molecule has 0 atom stereocenters. The van der Waals surface area contributed by atoms with Gasteiger partial charge in [-0.3, -0.25) is 0 Å². The Morgan fingerprint density at radius 3 is 2.70 bits per heavy atom. The molecule has 2 N–H and O–H groups in total. The van der Waals surface area contributed by atoms with E-state index in [0.29, 0.717) is 5.95 Å². The van der Waals surface area contributed by atoms with Gasteiger partial charge in [0.25, 0.3) is 0 Å². The average molecular weight is 521 g/mol. The second-order valence-corrected chi connectivity index (χ2v) is 12.8. The normalized spacial score (nSPS) is 16.4. The fourth-order valence-electron chi connectivity index (χ4n) is 4.55. The molecular formula is C26H29FN8OS. The Balaban J connectivity index is 1.47. The van der Waals surface area contributed by atoms with Crippen LogP contribution in [0.3, 0.4) is 0 Å². The van der Waals surface area contributed by atoms with Gasteiger partial charge in [-0.15, -0.1) is 0 Å². The molecule has 37 heavy (non-hydrogen) atoms. The third kappa shape index (κ3) is 5.55. The van der Waals surface area contributed by atoms with Gasteiger partial charge in [0.05, 0.1) is 6.20 Å². The van der Waals surface area contributed by atoms with Crippen LogP contribution in [-0.2, 0) is 28.1 Å². The lowest BCUT2D eigenvalue weighted by molar-refractivity contribution is 0.311. The number of rotatable bonds is 6. The first-order valence-electron chi connectivity index (χ1n) is 12.0. The van der Waals surface area contributed by atoms with Crippen LogP contribution in [0.25, 0.3) is 0 Å². The number of nitriles is 1. The molecule has 0 amide bonds. The number of nitrogens with one attached hydrogen (secondary N) is 2. The maximum absolute atomic E-state index is 14.2. The number of benzene rings is 1. The van der Waals surface area contributed by atoms with E-state index in [1.165, 1.54) is 60.4 Å². The van der Waals surface area contributed by atoms with Crippen LogP contribution < -0.4 is 10.6 Å². The summed E-state index contributed by atoms with van der Waals surface area (Å²) >= 11 is 0. The number of aromatic nitrogens is 3. The van der Waals surface area contributed by atoms with E-state index in [-0.39, 0.29) is 28.4 Å². The van der Waals surface area contributed by atoms with E-state index in [4.69, 9.17) is 0 Å². The second-order valence-electron chi connectivity index (χ2n) is 10.3. The topological polar surface area (TPSA) is 119 Å². The number of hydrogen-bond donors (Lipinski definition) is 2. The highest BCUT2D eigenvalue weighted by atomic mass is 32.2. The number of hydrogen-bond acceptors (Lipinski definition) is 9. The summed E-state index contributed by atoms with van der Waals surface area (Å²) in [6.45, 7) is 4.26. The fourth-order valence-corrected chi connectivity index (χ4v) is 5.10. The Morgan fingerprint density at radius 1 is 1.22 bits per heavy atom. The lowest BCUT2D eigenvalue weighted by Crippen LogP contribution is -2.28. The van der Waals surface area contributed by atoms with E-state index in [1.54, 1.807) is 0 Å². The molecule has 192 valence electrons. The van der Waals surface area contributed by atoms with Crippen molar-refractivity contribution in [2.75, 3.05) is 36.7 Å². The lowest BCUT2D eigenvalue weighted by Gasteiger charge is -2.29. The van der Waals surface area contributed by atoms with Gasteiger partial charge in [0, 0.05) is 41.0 Å². The van der Waals surface area contributed by atoms with Crippen LogP contribution in [0.2, 0.25) is 0 Å². The van der Waals surface area contributed by atoms with Crippen molar-refractivity contribution in [3.63, 3.8) is 0 Å². The Bertz CT molecular complexity index is 1540. The van der Waals surface area contributed by atoms with Gasteiger partial charge in [-0.05, 0) is 72.7 Å². The van der Waals surface area contributed by atoms with Crippen molar-refractivity contribution in [2.45, 2.75) is 38.1 Å². The summed E-state index contributed by atoms with van der Waals surface area (Å²) in [5.74, 6) is -0.219. The first-order valence-corrected chi connectivity index (χ1v) is 14.4. The highest BCUT2D eigenvalue weighted by molar-refractivity contribution is 7.92. The van der Waals surface area contributed by atoms with Crippen LogP contribution in [0.15, 0.2) is 34.8 Å². The summed E-state index contributed by atoms with van der Waals surface area (Å²) in [7, 11) is -0.480. The largest absolute Gasteiger partial charge is 0.324 e. The van der Waals surface area contributed by atoms with Crippen molar-refractivity contribution < 1.29 is 8.60 Å². The highest BCUT2D eigenvalue weighted by Gasteiger charge is 2.41. The molecule has 0 unspecified atom stereocenters. The third-order valence-corrected chi connectivity index (χ3v) is 7.33. The average Bonchev–Trinajstić information content (AvgIpc) is 3.58. The van der Waals surface area contributed by atoms with Crippen molar-refractivity contribution in [2.24, 2.45) is 4.36 Å².